The molecule has 3 nitrogen and oxygen atoms in total. The van der Waals surface area contributed by atoms with E-state index in [9.17, 15) is 18.0 Å². The Kier molecular flexibility index (Phi) is 5.37. The summed E-state index contributed by atoms with van der Waals surface area (Å²) in [6.07, 6.45) is -4.39. The Hall–Kier alpha value is -1.08. The molecule has 0 bridgehead atoms. The van der Waals surface area contributed by atoms with Crippen molar-refractivity contribution < 1.29 is 22.7 Å². The van der Waals surface area contributed by atoms with Gasteiger partial charge in [-0.15, -0.1) is 0 Å². The maximum absolute atomic E-state index is 12.2. The van der Waals surface area contributed by atoms with Gasteiger partial charge in [0.2, 0.25) is 0 Å². The average molecular weight is 340 g/mol. The van der Waals surface area contributed by atoms with Crippen LogP contribution in [-0.4, -0.2) is 25.8 Å². The minimum atomic E-state index is -4.39. The van der Waals surface area contributed by atoms with Crippen molar-refractivity contribution in [1.82, 2.24) is 5.32 Å². The number of carbonyl (C=O) groups is 1. The standard InChI is InChI=1S/C12H13BrF3NO2/c1-7-5-8(3-4-9(7)13)10(11(18)19-2)17-6-12(14,15)16/h3-5,10,17H,6H2,1-2H3. The Morgan fingerprint density at radius 3 is 2.58 bits per heavy atom. The fourth-order valence-corrected chi connectivity index (χ4v) is 1.77. The number of benzene rings is 1. The maximum Gasteiger partial charge on any atom is 0.401 e. The van der Waals surface area contributed by atoms with E-state index in [0.717, 1.165) is 17.1 Å². The normalized spacial score (nSPS) is 13.2. The average Bonchev–Trinajstić information content (AvgIpc) is 2.32. The first-order chi connectivity index (χ1) is 8.74. The molecule has 0 saturated carbocycles. The van der Waals surface area contributed by atoms with Crippen molar-refractivity contribution in [3.05, 3.63) is 33.8 Å². The predicted molar refractivity (Wildman–Crippen MR) is 67.7 cm³/mol. The van der Waals surface area contributed by atoms with Crippen LogP contribution in [0.3, 0.4) is 0 Å². The molecule has 1 aromatic rings. The predicted octanol–water partition coefficient (Wildman–Crippen LogP) is 3.12. The molecule has 1 rings (SSSR count). The number of carbonyl (C=O) groups excluding carboxylic acids is 1. The van der Waals surface area contributed by atoms with Crippen LogP contribution in [0.5, 0.6) is 0 Å². The van der Waals surface area contributed by atoms with Gasteiger partial charge in [-0.1, -0.05) is 28.1 Å². The summed E-state index contributed by atoms with van der Waals surface area (Å²) in [5, 5.41) is 2.16. The zero-order valence-electron chi connectivity index (χ0n) is 10.3. The number of nitrogens with one attached hydrogen (secondary N) is 1. The first-order valence-corrected chi connectivity index (χ1v) is 6.18. The van der Waals surface area contributed by atoms with Crippen LogP contribution in [0.2, 0.25) is 0 Å². The number of hydrogen-bond acceptors (Lipinski definition) is 3. The van der Waals surface area contributed by atoms with Gasteiger partial charge in [0, 0.05) is 4.47 Å². The molecule has 0 spiro atoms. The molecule has 1 aromatic carbocycles. The zero-order chi connectivity index (χ0) is 14.6. The van der Waals surface area contributed by atoms with Crippen molar-refractivity contribution in [1.29, 1.82) is 0 Å². The maximum atomic E-state index is 12.2. The quantitative estimate of drug-likeness (QED) is 0.856. The van der Waals surface area contributed by atoms with Gasteiger partial charge in [-0.3, -0.25) is 5.32 Å². The van der Waals surface area contributed by atoms with E-state index < -0.39 is 24.7 Å². The lowest BCUT2D eigenvalue weighted by molar-refractivity contribution is -0.146. The van der Waals surface area contributed by atoms with Crippen LogP contribution in [0.1, 0.15) is 17.2 Å². The van der Waals surface area contributed by atoms with Crippen molar-refractivity contribution in [2.24, 2.45) is 0 Å². The van der Waals surface area contributed by atoms with E-state index in [4.69, 9.17) is 0 Å². The first-order valence-electron chi connectivity index (χ1n) is 5.38. The van der Waals surface area contributed by atoms with E-state index in [1.165, 1.54) is 0 Å². The summed E-state index contributed by atoms with van der Waals surface area (Å²) >= 11 is 3.29. The Balaban J connectivity index is 2.96. The number of esters is 1. The largest absolute Gasteiger partial charge is 0.468 e. The van der Waals surface area contributed by atoms with Gasteiger partial charge in [0.15, 0.2) is 0 Å². The van der Waals surface area contributed by atoms with E-state index in [1.807, 2.05) is 0 Å². The number of hydrogen-bond donors (Lipinski definition) is 1. The van der Waals surface area contributed by atoms with Crippen molar-refractivity contribution in [3.8, 4) is 0 Å². The van der Waals surface area contributed by atoms with Crippen LogP contribution in [-0.2, 0) is 9.53 Å². The van der Waals surface area contributed by atoms with Gasteiger partial charge < -0.3 is 4.74 Å². The van der Waals surface area contributed by atoms with Gasteiger partial charge in [-0.2, -0.15) is 13.2 Å². The molecule has 7 heteroatoms. The summed E-state index contributed by atoms with van der Waals surface area (Å²) < 4.78 is 42.0. The van der Waals surface area contributed by atoms with Gasteiger partial charge in [-0.25, -0.2) is 4.79 Å². The first kappa shape index (κ1) is 16.0. The molecule has 0 aliphatic heterocycles. The van der Waals surface area contributed by atoms with E-state index in [0.29, 0.717) is 5.56 Å². The van der Waals surface area contributed by atoms with Crippen LogP contribution < -0.4 is 5.32 Å². The summed E-state index contributed by atoms with van der Waals surface area (Å²) in [5.41, 5.74) is 1.25. The molecule has 0 fully saturated rings. The van der Waals surface area contributed by atoms with Crippen LogP contribution in [0, 0.1) is 6.92 Å². The highest BCUT2D eigenvalue weighted by molar-refractivity contribution is 9.10. The monoisotopic (exact) mass is 339 g/mol. The van der Waals surface area contributed by atoms with Crippen molar-refractivity contribution in [2.45, 2.75) is 19.1 Å². The highest BCUT2D eigenvalue weighted by atomic mass is 79.9. The number of alkyl halides is 3. The molecule has 0 aliphatic rings. The molecular weight excluding hydrogens is 327 g/mol. The number of halogens is 4. The second kappa shape index (κ2) is 6.38. The molecular formula is C12H13BrF3NO2. The molecule has 0 saturated heterocycles. The summed E-state index contributed by atoms with van der Waals surface area (Å²) in [6.45, 7) is 0.521. The fourth-order valence-electron chi connectivity index (χ4n) is 1.52. The highest BCUT2D eigenvalue weighted by Gasteiger charge is 2.31. The molecule has 0 heterocycles. The molecule has 0 amide bonds. The summed E-state index contributed by atoms with van der Waals surface area (Å²) in [7, 11) is 1.14. The lowest BCUT2D eigenvalue weighted by Crippen LogP contribution is -2.36. The number of ether oxygens (including phenoxy) is 1. The molecule has 19 heavy (non-hydrogen) atoms. The van der Waals surface area contributed by atoms with E-state index in [2.05, 4.69) is 26.0 Å². The fraction of sp³-hybridized carbons (Fsp3) is 0.417. The lowest BCUT2D eigenvalue weighted by Gasteiger charge is -2.18. The van der Waals surface area contributed by atoms with Crippen molar-refractivity contribution in [2.75, 3.05) is 13.7 Å². The second-order valence-electron chi connectivity index (χ2n) is 3.96. The van der Waals surface area contributed by atoms with Gasteiger partial charge in [0.05, 0.1) is 13.7 Å². The Bertz CT molecular complexity index is 463. The zero-order valence-corrected chi connectivity index (χ0v) is 11.9. The molecule has 0 aliphatic carbocycles. The summed E-state index contributed by atoms with van der Waals surface area (Å²) in [5.74, 6) is -0.758. The smallest absolute Gasteiger partial charge is 0.401 e. The van der Waals surface area contributed by atoms with E-state index >= 15 is 0 Å². The van der Waals surface area contributed by atoms with Crippen LogP contribution in [0.4, 0.5) is 13.2 Å². The third kappa shape index (κ3) is 4.83. The molecule has 106 valence electrons. The van der Waals surface area contributed by atoms with Gasteiger partial charge in [0.1, 0.15) is 6.04 Å². The number of methoxy groups -OCH3 is 1. The molecule has 0 radical (unpaired) electrons. The van der Waals surface area contributed by atoms with Crippen molar-refractivity contribution >= 4 is 21.9 Å². The minimum Gasteiger partial charge on any atom is -0.468 e. The topological polar surface area (TPSA) is 38.3 Å². The van der Waals surface area contributed by atoms with Crippen molar-refractivity contribution in [3.63, 3.8) is 0 Å². The Labute approximate surface area is 117 Å². The Morgan fingerprint density at radius 2 is 2.11 bits per heavy atom. The number of rotatable bonds is 4. The van der Waals surface area contributed by atoms with Crippen LogP contribution in [0.15, 0.2) is 22.7 Å². The molecule has 0 aromatic heterocycles. The number of aryl methyl sites for hydroxylation is 1. The molecule has 1 unspecified atom stereocenters. The molecule has 1 atom stereocenters. The van der Waals surface area contributed by atoms with E-state index in [1.54, 1.807) is 25.1 Å². The van der Waals surface area contributed by atoms with Crippen LogP contribution in [0.25, 0.3) is 0 Å². The van der Waals surface area contributed by atoms with Gasteiger partial charge in [0.25, 0.3) is 0 Å². The highest BCUT2D eigenvalue weighted by Crippen LogP contribution is 2.23. The van der Waals surface area contributed by atoms with Gasteiger partial charge in [-0.05, 0) is 24.1 Å². The lowest BCUT2D eigenvalue weighted by atomic mass is 10.0. The third-order valence-electron chi connectivity index (χ3n) is 2.46. The molecule has 1 N–H and O–H groups in total. The SMILES string of the molecule is COC(=O)C(NCC(F)(F)F)c1ccc(Br)c(C)c1. The summed E-state index contributed by atoms with van der Waals surface area (Å²) in [6, 6.07) is 3.74. The van der Waals surface area contributed by atoms with E-state index in [-0.39, 0.29) is 0 Å². The summed E-state index contributed by atoms with van der Waals surface area (Å²) in [4.78, 5) is 11.6. The van der Waals surface area contributed by atoms with Gasteiger partial charge >= 0.3 is 12.1 Å². The second-order valence-corrected chi connectivity index (χ2v) is 4.82. The minimum absolute atomic E-state index is 0.428. The third-order valence-corrected chi connectivity index (χ3v) is 3.35. The van der Waals surface area contributed by atoms with Crippen LogP contribution >= 0.6 is 15.9 Å². The Morgan fingerprint density at radius 1 is 1.47 bits per heavy atom.